The van der Waals surface area contributed by atoms with Gasteiger partial charge in [-0.25, -0.2) is 0 Å². The van der Waals surface area contributed by atoms with E-state index in [0.29, 0.717) is 12.4 Å². The maximum atomic E-state index is 12.7. The van der Waals surface area contributed by atoms with E-state index in [4.69, 9.17) is 14.2 Å². The topological polar surface area (TPSA) is 48.0 Å². The quantitative estimate of drug-likeness (QED) is 0.699. The van der Waals surface area contributed by atoms with Gasteiger partial charge in [-0.15, -0.1) is 0 Å². The molecule has 3 rings (SSSR count). The molecule has 1 amide bonds. The Morgan fingerprint density at radius 2 is 1.63 bits per heavy atom. The first-order chi connectivity index (χ1) is 13.2. The molecule has 1 fully saturated rings. The standard InChI is InChI=1S/C22H27NO4/c1-3-15-26-19-10-12-20(13-11-19)27-16-22(24)23-14-4-5-21(23)17-6-8-18(25-2)9-7-17/h6-13,21H,3-5,14-16H2,1-2H3. The number of methoxy groups -OCH3 is 1. The largest absolute Gasteiger partial charge is 0.497 e. The van der Waals surface area contributed by atoms with E-state index in [1.807, 2.05) is 53.4 Å². The first-order valence-electron chi connectivity index (χ1n) is 9.50. The van der Waals surface area contributed by atoms with Gasteiger partial charge in [0.1, 0.15) is 17.2 Å². The van der Waals surface area contributed by atoms with Crippen molar-refractivity contribution in [3.8, 4) is 17.2 Å². The average Bonchev–Trinajstić information content (AvgIpc) is 3.21. The number of ether oxygens (including phenoxy) is 3. The van der Waals surface area contributed by atoms with E-state index < -0.39 is 0 Å². The lowest BCUT2D eigenvalue weighted by atomic mass is 10.0. The summed E-state index contributed by atoms with van der Waals surface area (Å²) in [4.78, 5) is 14.6. The molecule has 1 atom stereocenters. The Labute approximate surface area is 160 Å². The summed E-state index contributed by atoms with van der Waals surface area (Å²) >= 11 is 0. The number of amides is 1. The molecule has 144 valence electrons. The summed E-state index contributed by atoms with van der Waals surface area (Å²) in [5.74, 6) is 2.32. The number of carbonyl (C=O) groups is 1. The second-order valence-corrected chi connectivity index (χ2v) is 6.63. The van der Waals surface area contributed by atoms with Crippen molar-refractivity contribution < 1.29 is 19.0 Å². The van der Waals surface area contributed by atoms with Gasteiger partial charge in [-0.2, -0.15) is 0 Å². The molecular weight excluding hydrogens is 342 g/mol. The molecule has 1 unspecified atom stereocenters. The predicted molar refractivity (Wildman–Crippen MR) is 104 cm³/mol. The fourth-order valence-corrected chi connectivity index (χ4v) is 3.32. The van der Waals surface area contributed by atoms with Gasteiger partial charge in [0, 0.05) is 6.54 Å². The summed E-state index contributed by atoms with van der Waals surface area (Å²) in [7, 11) is 1.65. The van der Waals surface area contributed by atoms with Crippen molar-refractivity contribution in [3.05, 3.63) is 54.1 Å². The molecule has 0 bridgehead atoms. The summed E-state index contributed by atoms with van der Waals surface area (Å²) in [5, 5.41) is 0. The first-order valence-corrected chi connectivity index (χ1v) is 9.50. The highest BCUT2D eigenvalue weighted by Gasteiger charge is 2.30. The second kappa shape index (κ2) is 9.31. The Bertz CT molecular complexity index is 727. The van der Waals surface area contributed by atoms with Gasteiger partial charge in [-0.3, -0.25) is 4.79 Å². The molecule has 27 heavy (non-hydrogen) atoms. The van der Waals surface area contributed by atoms with E-state index in [2.05, 4.69) is 6.92 Å². The summed E-state index contributed by atoms with van der Waals surface area (Å²) in [6, 6.07) is 15.5. The fraction of sp³-hybridized carbons (Fsp3) is 0.409. The summed E-state index contributed by atoms with van der Waals surface area (Å²) < 4.78 is 16.5. The molecule has 0 radical (unpaired) electrons. The summed E-state index contributed by atoms with van der Waals surface area (Å²) in [6.07, 6.45) is 2.95. The number of hydrogen-bond donors (Lipinski definition) is 0. The molecule has 0 saturated carbocycles. The fourth-order valence-electron chi connectivity index (χ4n) is 3.32. The van der Waals surface area contributed by atoms with Crippen molar-refractivity contribution in [2.24, 2.45) is 0 Å². The van der Waals surface area contributed by atoms with Gasteiger partial charge in [-0.05, 0) is 61.2 Å². The molecule has 2 aromatic carbocycles. The Hall–Kier alpha value is -2.69. The SMILES string of the molecule is CCCOc1ccc(OCC(=O)N2CCCC2c2ccc(OC)cc2)cc1. The van der Waals surface area contributed by atoms with Crippen LogP contribution in [-0.4, -0.2) is 37.7 Å². The third kappa shape index (κ3) is 4.94. The molecule has 1 saturated heterocycles. The van der Waals surface area contributed by atoms with E-state index in [9.17, 15) is 4.79 Å². The lowest BCUT2D eigenvalue weighted by Crippen LogP contribution is -2.34. The van der Waals surface area contributed by atoms with E-state index in [1.54, 1.807) is 7.11 Å². The molecule has 0 aliphatic carbocycles. The van der Waals surface area contributed by atoms with Crippen LogP contribution < -0.4 is 14.2 Å². The van der Waals surface area contributed by atoms with Crippen molar-refractivity contribution in [1.29, 1.82) is 0 Å². The zero-order valence-electron chi connectivity index (χ0n) is 16.0. The van der Waals surface area contributed by atoms with Crippen LogP contribution >= 0.6 is 0 Å². The number of benzene rings is 2. The Kier molecular flexibility index (Phi) is 6.58. The molecule has 0 aromatic heterocycles. The number of hydrogen-bond acceptors (Lipinski definition) is 4. The zero-order chi connectivity index (χ0) is 19.1. The molecule has 1 heterocycles. The molecule has 0 spiro atoms. The third-order valence-electron chi connectivity index (χ3n) is 4.73. The number of likely N-dealkylation sites (tertiary alicyclic amines) is 1. The van der Waals surface area contributed by atoms with Crippen LogP contribution in [0.3, 0.4) is 0 Å². The minimum Gasteiger partial charge on any atom is -0.497 e. The second-order valence-electron chi connectivity index (χ2n) is 6.63. The van der Waals surface area contributed by atoms with Gasteiger partial charge in [0.05, 0.1) is 19.8 Å². The van der Waals surface area contributed by atoms with Crippen LogP contribution in [0, 0.1) is 0 Å². The summed E-state index contributed by atoms with van der Waals surface area (Å²) in [5.41, 5.74) is 1.14. The van der Waals surface area contributed by atoms with Crippen LogP contribution in [0.25, 0.3) is 0 Å². The Morgan fingerprint density at radius 3 is 2.26 bits per heavy atom. The maximum Gasteiger partial charge on any atom is 0.261 e. The van der Waals surface area contributed by atoms with Crippen molar-refractivity contribution in [2.45, 2.75) is 32.2 Å². The van der Waals surface area contributed by atoms with Crippen LogP contribution in [0.5, 0.6) is 17.2 Å². The minimum absolute atomic E-state index is 0.0135. The van der Waals surface area contributed by atoms with Crippen LogP contribution in [0.15, 0.2) is 48.5 Å². The van der Waals surface area contributed by atoms with Gasteiger partial charge >= 0.3 is 0 Å². The number of nitrogens with zero attached hydrogens (tertiary/aromatic N) is 1. The zero-order valence-corrected chi connectivity index (χ0v) is 16.0. The third-order valence-corrected chi connectivity index (χ3v) is 4.73. The predicted octanol–water partition coefficient (Wildman–Crippen LogP) is 4.23. The molecular formula is C22H27NO4. The van der Waals surface area contributed by atoms with Gasteiger partial charge < -0.3 is 19.1 Å². The molecule has 0 N–H and O–H groups in total. The van der Waals surface area contributed by atoms with Crippen LogP contribution in [0.2, 0.25) is 0 Å². The highest BCUT2D eigenvalue weighted by atomic mass is 16.5. The van der Waals surface area contributed by atoms with Crippen molar-refractivity contribution in [2.75, 3.05) is 26.9 Å². The highest BCUT2D eigenvalue weighted by Crippen LogP contribution is 2.32. The number of carbonyl (C=O) groups excluding carboxylic acids is 1. The molecule has 1 aliphatic heterocycles. The monoisotopic (exact) mass is 369 g/mol. The smallest absolute Gasteiger partial charge is 0.261 e. The van der Waals surface area contributed by atoms with Gasteiger partial charge in [0.2, 0.25) is 0 Å². The Morgan fingerprint density at radius 1 is 1.00 bits per heavy atom. The maximum absolute atomic E-state index is 12.7. The Balaban J connectivity index is 1.56. The molecule has 2 aromatic rings. The summed E-state index contributed by atoms with van der Waals surface area (Å²) in [6.45, 7) is 3.57. The van der Waals surface area contributed by atoms with Gasteiger partial charge in [-0.1, -0.05) is 19.1 Å². The van der Waals surface area contributed by atoms with E-state index in [1.165, 1.54) is 0 Å². The van der Waals surface area contributed by atoms with Crippen LogP contribution in [0.1, 0.15) is 37.8 Å². The lowest BCUT2D eigenvalue weighted by Gasteiger charge is -2.25. The van der Waals surface area contributed by atoms with Crippen molar-refractivity contribution >= 4 is 5.91 Å². The average molecular weight is 369 g/mol. The van der Waals surface area contributed by atoms with Crippen LogP contribution in [-0.2, 0) is 4.79 Å². The van der Waals surface area contributed by atoms with Gasteiger partial charge in [0.15, 0.2) is 6.61 Å². The minimum atomic E-state index is 0.0135. The van der Waals surface area contributed by atoms with Gasteiger partial charge in [0.25, 0.3) is 5.91 Å². The lowest BCUT2D eigenvalue weighted by molar-refractivity contribution is -0.134. The highest BCUT2D eigenvalue weighted by molar-refractivity contribution is 5.78. The van der Waals surface area contributed by atoms with Crippen molar-refractivity contribution in [3.63, 3.8) is 0 Å². The molecule has 5 heteroatoms. The molecule has 1 aliphatic rings. The number of rotatable bonds is 8. The molecule has 5 nitrogen and oxygen atoms in total. The van der Waals surface area contributed by atoms with E-state index in [-0.39, 0.29) is 18.6 Å². The normalized spacial score (nSPS) is 16.2. The van der Waals surface area contributed by atoms with Crippen LogP contribution in [0.4, 0.5) is 0 Å². The van der Waals surface area contributed by atoms with E-state index in [0.717, 1.165) is 42.9 Å². The van der Waals surface area contributed by atoms with Crippen molar-refractivity contribution in [1.82, 2.24) is 4.90 Å². The van der Waals surface area contributed by atoms with E-state index >= 15 is 0 Å². The first kappa shape index (κ1) is 19.1.